The van der Waals surface area contributed by atoms with Gasteiger partial charge < -0.3 is 24.3 Å². The third kappa shape index (κ3) is 6.04. The molecule has 29 heavy (non-hydrogen) atoms. The molecule has 1 aromatic carbocycles. The Morgan fingerprint density at radius 3 is 2.45 bits per heavy atom. The number of carbonyl (C=O) groups excluding carboxylic acids is 4. The van der Waals surface area contributed by atoms with Gasteiger partial charge in [0, 0.05) is 5.56 Å². The summed E-state index contributed by atoms with van der Waals surface area (Å²) in [6.07, 6.45) is 0. The number of anilines is 1. The van der Waals surface area contributed by atoms with Gasteiger partial charge >= 0.3 is 11.9 Å². The van der Waals surface area contributed by atoms with Crippen molar-refractivity contribution in [3.63, 3.8) is 0 Å². The van der Waals surface area contributed by atoms with Crippen LogP contribution in [0.1, 0.15) is 27.0 Å². The van der Waals surface area contributed by atoms with Crippen LogP contribution in [0.25, 0.3) is 0 Å². The topological polar surface area (TPSA) is 117 Å². The zero-order valence-corrected chi connectivity index (χ0v) is 16.8. The van der Waals surface area contributed by atoms with Crippen LogP contribution in [0.3, 0.4) is 0 Å². The molecule has 0 aliphatic carbocycles. The van der Waals surface area contributed by atoms with E-state index < -0.39 is 31.1 Å². The summed E-state index contributed by atoms with van der Waals surface area (Å²) in [5.41, 5.74) is 0.711. The molecule has 0 aliphatic heterocycles. The molecule has 0 atom stereocenters. The zero-order valence-electron chi connectivity index (χ0n) is 16.0. The molecule has 1 amide bonds. The van der Waals surface area contributed by atoms with Gasteiger partial charge in [-0.3, -0.25) is 9.59 Å². The Kier molecular flexibility index (Phi) is 7.72. The van der Waals surface area contributed by atoms with E-state index >= 15 is 0 Å². The van der Waals surface area contributed by atoms with E-state index in [0.29, 0.717) is 5.56 Å². The van der Waals surface area contributed by atoms with E-state index in [-0.39, 0.29) is 27.8 Å². The molecule has 0 spiro atoms. The van der Waals surface area contributed by atoms with Gasteiger partial charge in [-0.2, -0.15) is 0 Å². The quantitative estimate of drug-likeness (QED) is 0.484. The molecule has 0 radical (unpaired) electrons. The number of hydrogen-bond acceptors (Lipinski definition) is 9. The lowest BCUT2D eigenvalue weighted by molar-refractivity contribution is -0.149. The molecule has 1 N–H and O–H groups in total. The van der Waals surface area contributed by atoms with Gasteiger partial charge in [-0.05, 0) is 36.6 Å². The Labute approximate surface area is 170 Å². The lowest BCUT2D eigenvalue weighted by Crippen LogP contribution is -2.24. The Balaban J connectivity index is 1.84. The number of methoxy groups -OCH3 is 2. The molecule has 9 nitrogen and oxygen atoms in total. The number of rotatable bonds is 9. The molecule has 0 saturated carbocycles. The molecular weight excluding hydrogens is 402 g/mol. The fourth-order valence-corrected chi connectivity index (χ4v) is 2.94. The molecule has 0 aliphatic rings. The van der Waals surface area contributed by atoms with Gasteiger partial charge in [0.25, 0.3) is 5.91 Å². The summed E-state index contributed by atoms with van der Waals surface area (Å²) in [7, 11) is 2.64. The SMILES string of the molecule is COC(=O)c1sccc1NC(=O)COC(=O)COc1ccc(C(C)=O)cc1OC. The summed E-state index contributed by atoms with van der Waals surface area (Å²) in [6, 6.07) is 6.08. The van der Waals surface area contributed by atoms with Crippen LogP contribution in [0.5, 0.6) is 11.5 Å². The standard InChI is InChI=1S/C19H19NO8S/c1-11(21)12-4-5-14(15(8-12)25-2)27-10-17(23)28-9-16(22)20-13-6-7-29-18(13)19(24)26-3/h4-8H,9-10H2,1-3H3,(H,20,22). The summed E-state index contributed by atoms with van der Waals surface area (Å²) in [5, 5.41) is 4.09. The van der Waals surface area contributed by atoms with Crippen LogP contribution in [0, 0.1) is 0 Å². The predicted molar refractivity (Wildman–Crippen MR) is 104 cm³/mol. The van der Waals surface area contributed by atoms with Crippen molar-refractivity contribution in [2.75, 3.05) is 32.8 Å². The number of ether oxygens (including phenoxy) is 4. The minimum absolute atomic E-state index is 0.138. The lowest BCUT2D eigenvalue weighted by atomic mass is 10.1. The smallest absolute Gasteiger partial charge is 0.350 e. The highest BCUT2D eigenvalue weighted by molar-refractivity contribution is 7.12. The third-order valence-corrected chi connectivity index (χ3v) is 4.48. The molecule has 2 rings (SSSR count). The van der Waals surface area contributed by atoms with E-state index in [0.717, 1.165) is 11.3 Å². The molecule has 0 unspecified atom stereocenters. The first kappa shape index (κ1) is 21.9. The van der Waals surface area contributed by atoms with Crippen LogP contribution < -0.4 is 14.8 Å². The maximum atomic E-state index is 11.9. The van der Waals surface area contributed by atoms with Crippen molar-refractivity contribution in [1.29, 1.82) is 0 Å². The van der Waals surface area contributed by atoms with Crippen LogP contribution >= 0.6 is 11.3 Å². The van der Waals surface area contributed by atoms with Crippen molar-refractivity contribution in [2.24, 2.45) is 0 Å². The Bertz CT molecular complexity index is 921. The zero-order chi connectivity index (χ0) is 21.4. The number of esters is 2. The molecule has 154 valence electrons. The first-order valence-electron chi connectivity index (χ1n) is 8.28. The van der Waals surface area contributed by atoms with Crippen molar-refractivity contribution in [3.05, 3.63) is 40.1 Å². The number of carbonyl (C=O) groups is 4. The number of nitrogens with one attached hydrogen (secondary N) is 1. The van der Waals surface area contributed by atoms with Gasteiger partial charge in [0.1, 0.15) is 4.88 Å². The average molecular weight is 421 g/mol. The number of benzene rings is 1. The van der Waals surface area contributed by atoms with Gasteiger partial charge in [0.05, 0.1) is 19.9 Å². The van der Waals surface area contributed by atoms with E-state index in [2.05, 4.69) is 10.1 Å². The second-order valence-corrected chi connectivity index (χ2v) is 6.49. The van der Waals surface area contributed by atoms with Gasteiger partial charge in [-0.15, -0.1) is 11.3 Å². The van der Waals surface area contributed by atoms with Crippen LogP contribution in [-0.4, -0.2) is 51.1 Å². The number of hydrogen-bond donors (Lipinski definition) is 1. The van der Waals surface area contributed by atoms with Crippen molar-refractivity contribution in [2.45, 2.75) is 6.92 Å². The highest BCUT2D eigenvalue weighted by atomic mass is 32.1. The molecule has 2 aromatic rings. The number of amides is 1. The number of Topliss-reactive ketones (excluding diaryl/α,β-unsaturated/α-hetero) is 1. The predicted octanol–water partition coefficient (Wildman–Crippen LogP) is 2.31. The number of ketones is 1. The summed E-state index contributed by atoms with van der Waals surface area (Å²) in [6.45, 7) is 0.399. The normalized spacial score (nSPS) is 10.0. The van der Waals surface area contributed by atoms with Crippen molar-refractivity contribution in [3.8, 4) is 11.5 Å². The summed E-state index contributed by atoms with van der Waals surface area (Å²) in [4.78, 5) is 47.0. The van der Waals surface area contributed by atoms with Gasteiger partial charge in [-0.1, -0.05) is 0 Å². The third-order valence-electron chi connectivity index (χ3n) is 3.59. The fourth-order valence-electron chi connectivity index (χ4n) is 2.17. The molecular formula is C19H19NO8S. The average Bonchev–Trinajstić information content (AvgIpc) is 3.17. The molecule has 0 bridgehead atoms. The van der Waals surface area contributed by atoms with Crippen LogP contribution in [0.2, 0.25) is 0 Å². The van der Waals surface area contributed by atoms with E-state index in [4.69, 9.17) is 14.2 Å². The Morgan fingerprint density at radius 2 is 1.79 bits per heavy atom. The van der Waals surface area contributed by atoms with Gasteiger partial charge in [0.2, 0.25) is 0 Å². The Hall–Kier alpha value is -3.40. The molecule has 0 saturated heterocycles. The maximum absolute atomic E-state index is 11.9. The number of thiophene rings is 1. The first-order chi connectivity index (χ1) is 13.8. The van der Waals surface area contributed by atoms with Crippen molar-refractivity contribution >= 4 is 40.7 Å². The van der Waals surface area contributed by atoms with Crippen LogP contribution in [0.4, 0.5) is 5.69 Å². The minimum Gasteiger partial charge on any atom is -0.493 e. The van der Waals surface area contributed by atoms with E-state index in [1.165, 1.54) is 39.3 Å². The highest BCUT2D eigenvalue weighted by Crippen LogP contribution is 2.28. The monoisotopic (exact) mass is 421 g/mol. The Morgan fingerprint density at radius 1 is 1.03 bits per heavy atom. The fraction of sp³-hybridized carbons (Fsp3) is 0.263. The minimum atomic E-state index is -0.781. The molecule has 1 heterocycles. The van der Waals surface area contributed by atoms with Crippen LogP contribution in [-0.2, 0) is 19.1 Å². The van der Waals surface area contributed by atoms with Crippen LogP contribution in [0.15, 0.2) is 29.6 Å². The van der Waals surface area contributed by atoms with E-state index in [1.807, 2.05) is 0 Å². The second kappa shape index (κ2) is 10.2. The molecule has 1 aromatic heterocycles. The maximum Gasteiger partial charge on any atom is 0.350 e. The van der Waals surface area contributed by atoms with Gasteiger partial charge in [-0.25, -0.2) is 9.59 Å². The largest absolute Gasteiger partial charge is 0.493 e. The molecule has 0 fully saturated rings. The van der Waals surface area contributed by atoms with Crippen molar-refractivity contribution < 1.29 is 38.1 Å². The molecule has 10 heteroatoms. The summed E-state index contributed by atoms with van der Waals surface area (Å²) in [5.74, 6) is -1.58. The second-order valence-electron chi connectivity index (χ2n) is 5.57. The summed E-state index contributed by atoms with van der Waals surface area (Å²) >= 11 is 1.11. The van der Waals surface area contributed by atoms with E-state index in [1.54, 1.807) is 11.4 Å². The lowest BCUT2D eigenvalue weighted by Gasteiger charge is -2.11. The highest BCUT2D eigenvalue weighted by Gasteiger charge is 2.17. The first-order valence-corrected chi connectivity index (χ1v) is 9.16. The van der Waals surface area contributed by atoms with E-state index in [9.17, 15) is 19.2 Å². The summed E-state index contributed by atoms with van der Waals surface area (Å²) < 4.78 is 19.9. The van der Waals surface area contributed by atoms with Crippen molar-refractivity contribution in [1.82, 2.24) is 0 Å². The van der Waals surface area contributed by atoms with Gasteiger partial charge in [0.15, 0.2) is 30.5 Å².